The highest BCUT2D eigenvalue weighted by molar-refractivity contribution is 5.68. The molecule has 1 aromatic carbocycles. The third-order valence-electron chi connectivity index (χ3n) is 5.06. The topological polar surface area (TPSA) is 79.2 Å². The minimum atomic E-state index is -0.600. The number of ether oxygens (including phenoxy) is 1. The second-order valence-corrected chi connectivity index (χ2v) is 6.67. The molecule has 0 saturated carbocycles. The molecule has 1 unspecified atom stereocenters. The van der Waals surface area contributed by atoms with Crippen molar-refractivity contribution in [1.29, 1.82) is 0 Å². The molecule has 2 heterocycles. The molecule has 0 radical (unpaired) electrons. The maximum absolute atomic E-state index is 14.2. The fourth-order valence-corrected chi connectivity index (χ4v) is 3.62. The largest absolute Gasteiger partial charge is 0.445 e. The second-order valence-electron chi connectivity index (χ2n) is 6.67. The van der Waals surface area contributed by atoms with Crippen LogP contribution in [-0.2, 0) is 4.74 Å². The van der Waals surface area contributed by atoms with Crippen LogP contribution in [0, 0.1) is 15.9 Å². The van der Waals surface area contributed by atoms with E-state index in [1.165, 1.54) is 12.1 Å². The number of nitrogens with zero attached hydrogens (tertiary/aromatic N) is 4. The van der Waals surface area contributed by atoms with Crippen LogP contribution in [-0.4, -0.2) is 72.7 Å². The van der Waals surface area contributed by atoms with E-state index in [2.05, 4.69) is 11.5 Å². The zero-order valence-electron chi connectivity index (χ0n) is 15.1. The van der Waals surface area contributed by atoms with Crippen LogP contribution < -0.4 is 4.90 Å². The normalized spacial score (nSPS) is 20.6. The number of nitro groups is 1. The highest BCUT2D eigenvalue weighted by Gasteiger charge is 2.33. The number of likely N-dealkylation sites (tertiary alicyclic amines) is 1. The summed E-state index contributed by atoms with van der Waals surface area (Å²) in [5.74, 6) is -0.574. The number of carbonyl (C=O) groups is 1. The Morgan fingerprint density at radius 2 is 2.07 bits per heavy atom. The van der Waals surface area contributed by atoms with Gasteiger partial charge in [-0.05, 0) is 12.5 Å². The van der Waals surface area contributed by atoms with Crippen molar-refractivity contribution in [2.45, 2.75) is 12.5 Å². The standard InChI is InChI=1S/C18H23FN4O4/c1-2-11-27-18(24)22-6-5-15(13-22)20-7-9-21(10-8-20)17-4-3-14(23(25)26)12-16(17)19/h2-4,12,15H,1,5-11,13H2. The maximum atomic E-state index is 14.2. The summed E-state index contributed by atoms with van der Waals surface area (Å²) in [5.41, 5.74) is 0.144. The van der Waals surface area contributed by atoms with Gasteiger partial charge >= 0.3 is 6.09 Å². The van der Waals surface area contributed by atoms with Gasteiger partial charge in [-0.15, -0.1) is 0 Å². The molecule has 3 rings (SSSR count). The van der Waals surface area contributed by atoms with Crippen molar-refractivity contribution in [2.75, 3.05) is 50.8 Å². The van der Waals surface area contributed by atoms with Crippen molar-refractivity contribution in [3.05, 3.63) is 46.8 Å². The molecule has 2 saturated heterocycles. The Labute approximate surface area is 156 Å². The lowest BCUT2D eigenvalue weighted by molar-refractivity contribution is -0.385. The Kier molecular flexibility index (Phi) is 5.90. The number of hydrogen-bond acceptors (Lipinski definition) is 6. The fourth-order valence-electron chi connectivity index (χ4n) is 3.62. The highest BCUT2D eigenvalue weighted by atomic mass is 19.1. The predicted molar refractivity (Wildman–Crippen MR) is 98.4 cm³/mol. The van der Waals surface area contributed by atoms with E-state index in [1.54, 1.807) is 11.0 Å². The lowest BCUT2D eigenvalue weighted by Crippen LogP contribution is -2.51. The SMILES string of the molecule is C=CCOC(=O)N1CCC(N2CCN(c3ccc([N+](=O)[O-])cc3F)CC2)C1. The summed E-state index contributed by atoms with van der Waals surface area (Å²) >= 11 is 0. The predicted octanol–water partition coefficient (Wildman–Crippen LogP) is 2.25. The van der Waals surface area contributed by atoms with Gasteiger partial charge in [-0.25, -0.2) is 9.18 Å². The molecule has 146 valence electrons. The summed E-state index contributed by atoms with van der Waals surface area (Å²) in [6.45, 7) is 7.79. The van der Waals surface area contributed by atoms with Gasteiger partial charge in [-0.1, -0.05) is 12.7 Å². The molecular formula is C18H23FN4O4. The average Bonchev–Trinajstić information content (AvgIpc) is 3.16. The lowest BCUT2D eigenvalue weighted by atomic mass is 10.1. The molecule has 2 fully saturated rings. The first kappa shape index (κ1) is 19.1. The monoisotopic (exact) mass is 378 g/mol. The van der Waals surface area contributed by atoms with Crippen molar-refractivity contribution >= 4 is 17.5 Å². The molecule has 1 aromatic rings. The Balaban J connectivity index is 1.53. The van der Waals surface area contributed by atoms with Crippen molar-refractivity contribution in [1.82, 2.24) is 9.80 Å². The first-order chi connectivity index (χ1) is 13.0. The van der Waals surface area contributed by atoms with Crippen LogP contribution in [0.1, 0.15) is 6.42 Å². The number of hydrogen-bond donors (Lipinski definition) is 0. The van der Waals surface area contributed by atoms with Gasteiger partial charge in [0.1, 0.15) is 6.61 Å². The molecule has 8 nitrogen and oxygen atoms in total. The fraction of sp³-hybridized carbons (Fsp3) is 0.500. The van der Waals surface area contributed by atoms with Gasteiger partial charge in [-0.3, -0.25) is 15.0 Å². The Bertz CT molecular complexity index is 721. The molecule has 0 N–H and O–H groups in total. The van der Waals surface area contributed by atoms with E-state index < -0.39 is 10.7 Å². The van der Waals surface area contributed by atoms with E-state index in [1.807, 2.05) is 4.90 Å². The average molecular weight is 378 g/mol. The molecule has 1 atom stereocenters. The zero-order valence-corrected chi connectivity index (χ0v) is 15.1. The summed E-state index contributed by atoms with van der Waals surface area (Å²) in [5, 5.41) is 10.7. The van der Waals surface area contributed by atoms with Gasteiger partial charge in [0.2, 0.25) is 0 Å². The van der Waals surface area contributed by atoms with Crippen LogP contribution in [0.5, 0.6) is 0 Å². The number of halogens is 1. The van der Waals surface area contributed by atoms with Crippen LogP contribution >= 0.6 is 0 Å². The number of benzene rings is 1. The van der Waals surface area contributed by atoms with Gasteiger partial charge < -0.3 is 14.5 Å². The van der Waals surface area contributed by atoms with Crippen molar-refractivity contribution < 1.29 is 18.8 Å². The van der Waals surface area contributed by atoms with Gasteiger partial charge in [0.25, 0.3) is 5.69 Å². The first-order valence-corrected chi connectivity index (χ1v) is 8.95. The number of anilines is 1. The molecule has 9 heteroatoms. The number of piperazine rings is 1. The van der Waals surface area contributed by atoms with Crippen LogP contribution in [0.2, 0.25) is 0 Å². The number of rotatable bonds is 5. The Morgan fingerprint density at radius 1 is 1.33 bits per heavy atom. The molecule has 1 amide bonds. The molecular weight excluding hydrogens is 355 g/mol. The molecule has 0 spiro atoms. The molecule has 0 aliphatic carbocycles. The van der Waals surface area contributed by atoms with Gasteiger partial charge in [0.15, 0.2) is 5.82 Å². The minimum Gasteiger partial charge on any atom is -0.445 e. The summed E-state index contributed by atoms with van der Waals surface area (Å²) in [7, 11) is 0. The first-order valence-electron chi connectivity index (χ1n) is 8.95. The summed E-state index contributed by atoms with van der Waals surface area (Å²) in [4.78, 5) is 28.0. The van der Waals surface area contributed by atoms with Crippen molar-refractivity contribution in [3.8, 4) is 0 Å². The third kappa shape index (κ3) is 4.36. The van der Waals surface area contributed by atoms with Gasteiger partial charge in [-0.2, -0.15) is 0 Å². The van der Waals surface area contributed by atoms with Crippen LogP contribution in [0.3, 0.4) is 0 Å². The number of carbonyl (C=O) groups excluding carboxylic acids is 1. The number of non-ortho nitro benzene ring substituents is 1. The second kappa shape index (κ2) is 8.34. The van der Waals surface area contributed by atoms with Crippen molar-refractivity contribution in [2.24, 2.45) is 0 Å². The van der Waals surface area contributed by atoms with E-state index in [4.69, 9.17) is 4.74 Å². The number of nitro benzene ring substituents is 1. The molecule has 2 aliphatic rings. The lowest BCUT2D eigenvalue weighted by Gasteiger charge is -2.39. The van der Waals surface area contributed by atoms with E-state index >= 15 is 0 Å². The molecule has 0 bridgehead atoms. The van der Waals surface area contributed by atoms with Crippen molar-refractivity contribution in [3.63, 3.8) is 0 Å². The summed E-state index contributed by atoms with van der Waals surface area (Å²) < 4.78 is 19.3. The Morgan fingerprint density at radius 3 is 2.70 bits per heavy atom. The summed E-state index contributed by atoms with van der Waals surface area (Å²) in [6.07, 6.45) is 2.11. The van der Waals surface area contributed by atoms with Crippen LogP contribution in [0.4, 0.5) is 20.6 Å². The zero-order chi connectivity index (χ0) is 19.4. The smallest absolute Gasteiger partial charge is 0.410 e. The van der Waals surface area contributed by atoms with Gasteiger partial charge in [0, 0.05) is 51.4 Å². The van der Waals surface area contributed by atoms with E-state index in [9.17, 15) is 19.3 Å². The minimum absolute atomic E-state index is 0.208. The summed E-state index contributed by atoms with van der Waals surface area (Å²) in [6, 6.07) is 4.03. The molecule has 2 aliphatic heterocycles. The maximum Gasteiger partial charge on any atom is 0.410 e. The number of amides is 1. The van der Waals surface area contributed by atoms with E-state index in [0.717, 1.165) is 25.6 Å². The molecule has 27 heavy (non-hydrogen) atoms. The van der Waals surface area contributed by atoms with Crippen LogP contribution in [0.15, 0.2) is 30.9 Å². The van der Waals surface area contributed by atoms with Crippen LogP contribution in [0.25, 0.3) is 0 Å². The highest BCUT2D eigenvalue weighted by Crippen LogP contribution is 2.26. The Hall–Kier alpha value is -2.68. The quantitative estimate of drug-likeness (QED) is 0.444. The molecule has 0 aromatic heterocycles. The third-order valence-corrected chi connectivity index (χ3v) is 5.06. The van der Waals surface area contributed by atoms with E-state index in [0.29, 0.717) is 31.9 Å². The van der Waals surface area contributed by atoms with Gasteiger partial charge in [0.05, 0.1) is 16.7 Å². The van der Waals surface area contributed by atoms with E-state index in [-0.39, 0.29) is 24.4 Å².